The summed E-state index contributed by atoms with van der Waals surface area (Å²) in [7, 11) is 3.84. The molecule has 2 N–H and O–H groups in total. The smallest absolute Gasteiger partial charge is 0.244 e. The molecule has 0 aliphatic heterocycles. The van der Waals surface area contributed by atoms with Crippen molar-refractivity contribution in [3.8, 4) is 0 Å². The molecule has 3 rings (SSSR count). The minimum atomic E-state index is 0.668. The Labute approximate surface area is 114 Å². The number of hydrogen-bond acceptors (Lipinski definition) is 6. The number of hydrogen-bond donors (Lipinski definition) is 2. The maximum atomic E-state index is 4.36. The van der Waals surface area contributed by atoms with Gasteiger partial charge in [0.25, 0.3) is 0 Å². The SMILES string of the molecule is CN(C)c1n[nH]c(CNCc2cn3ccnc3s2)n1. The number of imidazole rings is 1. The summed E-state index contributed by atoms with van der Waals surface area (Å²) >= 11 is 1.68. The molecule has 0 atom stereocenters. The van der Waals surface area contributed by atoms with E-state index in [2.05, 4.69) is 31.7 Å². The van der Waals surface area contributed by atoms with E-state index in [9.17, 15) is 0 Å². The van der Waals surface area contributed by atoms with E-state index in [0.717, 1.165) is 17.3 Å². The molecule has 100 valence electrons. The van der Waals surface area contributed by atoms with Crippen molar-refractivity contribution in [3.63, 3.8) is 0 Å². The Kier molecular flexibility index (Phi) is 3.18. The van der Waals surface area contributed by atoms with Gasteiger partial charge >= 0.3 is 0 Å². The van der Waals surface area contributed by atoms with E-state index >= 15 is 0 Å². The summed E-state index contributed by atoms with van der Waals surface area (Å²) in [5, 5.41) is 10.4. The average Bonchev–Trinajstić information content (AvgIpc) is 3.02. The molecule has 0 saturated carbocycles. The van der Waals surface area contributed by atoms with Crippen LogP contribution in [0.25, 0.3) is 4.96 Å². The fraction of sp³-hybridized carbons (Fsp3) is 0.364. The van der Waals surface area contributed by atoms with Crippen molar-refractivity contribution in [2.45, 2.75) is 13.1 Å². The number of aromatic amines is 1. The van der Waals surface area contributed by atoms with Gasteiger partial charge in [-0.05, 0) is 0 Å². The van der Waals surface area contributed by atoms with Gasteiger partial charge in [-0.25, -0.2) is 4.98 Å². The van der Waals surface area contributed by atoms with Crippen LogP contribution in [0.1, 0.15) is 10.7 Å². The molecule has 0 fully saturated rings. The molecule has 0 spiro atoms. The molecular formula is C11H15N7S. The van der Waals surface area contributed by atoms with E-state index in [-0.39, 0.29) is 0 Å². The molecule has 0 aliphatic rings. The van der Waals surface area contributed by atoms with Crippen LogP contribution < -0.4 is 10.2 Å². The van der Waals surface area contributed by atoms with Crippen LogP contribution in [0.3, 0.4) is 0 Å². The molecular weight excluding hydrogens is 262 g/mol. The molecule has 0 aromatic carbocycles. The van der Waals surface area contributed by atoms with Crippen molar-refractivity contribution in [2.24, 2.45) is 0 Å². The van der Waals surface area contributed by atoms with Crippen molar-refractivity contribution in [1.82, 2.24) is 29.9 Å². The Bertz CT molecular complexity index is 637. The van der Waals surface area contributed by atoms with Crippen LogP contribution >= 0.6 is 11.3 Å². The highest BCUT2D eigenvalue weighted by molar-refractivity contribution is 7.17. The highest BCUT2D eigenvalue weighted by Gasteiger charge is 2.05. The van der Waals surface area contributed by atoms with Crippen molar-refractivity contribution < 1.29 is 0 Å². The van der Waals surface area contributed by atoms with Gasteiger partial charge in [0.1, 0.15) is 5.82 Å². The predicted octanol–water partition coefficient (Wildman–Crippen LogP) is 0.870. The first kappa shape index (κ1) is 12.1. The number of nitrogens with one attached hydrogen (secondary N) is 2. The van der Waals surface area contributed by atoms with E-state index in [4.69, 9.17) is 0 Å². The molecule has 0 aliphatic carbocycles. The molecule has 0 unspecified atom stereocenters. The summed E-state index contributed by atoms with van der Waals surface area (Å²) in [4.78, 5) is 12.7. The first-order valence-corrected chi connectivity index (χ1v) is 6.75. The number of nitrogens with zero attached hydrogens (tertiary/aromatic N) is 5. The standard InChI is InChI=1S/C11H15N7S/c1-17(2)10-14-9(15-16-10)6-12-5-8-7-18-4-3-13-11(18)19-8/h3-4,7,12H,5-6H2,1-2H3,(H,14,15,16). The second-order valence-electron chi connectivity index (χ2n) is 4.39. The Morgan fingerprint density at radius 2 is 2.32 bits per heavy atom. The summed E-state index contributed by atoms with van der Waals surface area (Å²) < 4.78 is 2.03. The van der Waals surface area contributed by atoms with Gasteiger partial charge in [-0.2, -0.15) is 4.98 Å². The Balaban J connectivity index is 1.56. The third-order valence-electron chi connectivity index (χ3n) is 2.65. The molecule has 0 saturated heterocycles. The van der Waals surface area contributed by atoms with E-state index in [1.165, 1.54) is 4.88 Å². The lowest BCUT2D eigenvalue weighted by atomic mass is 10.5. The predicted molar refractivity (Wildman–Crippen MR) is 74.3 cm³/mol. The minimum Gasteiger partial charge on any atom is -0.346 e. The van der Waals surface area contributed by atoms with Crippen LogP contribution in [0.5, 0.6) is 0 Å². The Morgan fingerprint density at radius 1 is 1.42 bits per heavy atom. The fourth-order valence-electron chi connectivity index (χ4n) is 1.73. The second kappa shape index (κ2) is 4.98. The van der Waals surface area contributed by atoms with Gasteiger partial charge in [-0.15, -0.1) is 16.4 Å². The fourth-order valence-corrected chi connectivity index (χ4v) is 2.63. The van der Waals surface area contributed by atoms with Crippen LogP contribution in [0, 0.1) is 0 Å². The summed E-state index contributed by atoms with van der Waals surface area (Å²) in [6, 6.07) is 0. The van der Waals surface area contributed by atoms with Gasteiger partial charge < -0.3 is 10.2 Å². The third-order valence-corrected chi connectivity index (χ3v) is 3.66. The number of rotatable bonds is 5. The van der Waals surface area contributed by atoms with E-state index in [1.807, 2.05) is 29.6 Å². The molecule has 19 heavy (non-hydrogen) atoms. The number of aromatic nitrogens is 5. The highest BCUT2D eigenvalue weighted by atomic mass is 32.1. The van der Waals surface area contributed by atoms with Crippen molar-refractivity contribution >= 4 is 22.2 Å². The van der Waals surface area contributed by atoms with Gasteiger partial charge in [0.2, 0.25) is 5.95 Å². The molecule has 0 bridgehead atoms. The summed E-state index contributed by atoms with van der Waals surface area (Å²) in [5.74, 6) is 1.54. The van der Waals surface area contributed by atoms with Gasteiger partial charge in [-0.1, -0.05) is 0 Å². The average molecular weight is 277 g/mol. The summed E-state index contributed by atoms with van der Waals surface area (Å²) in [6.07, 6.45) is 5.85. The lowest BCUT2D eigenvalue weighted by Gasteiger charge is -2.03. The van der Waals surface area contributed by atoms with E-state index in [1.54, 1.807) is 17.5 Å². The van der Waals surface area contributed by atoms with Crippen LogP contribution in [0.2, 0.25) is 0 Å². The topological polar surface area (TPSA) is 74.1 Å². The minimum absolute atomic E-state index is 0.668. The van der Waals surface area contributed by atoms with Crippen LogP contribution in [-0.4, -0.2) is 38.7 Å². The van der Waals surface area contributed by atoms with Gasteiger partial charge in [0.05, 0.1) is 6.54 Å². The molecule has 3 aromatic heterocycles. The highest BCUT2D eigenvalue weighted by Crippen LogP contribution is 2.15. The normalized spacial score (nSPS) is 11.3. The zero-order valence-corrected chi connectivity index (χ0v) is 11.6. The first-order valence-electron chi connectivity index (χ1n) is 5.93. The second-order valence-corrected chi connectivity index (χ2v) is 5.49. The van der Waals surface area contributed by atoms with Crippen molar-refractivity contribution in [3.05, 3.63) is 29.3 Å². The van der Waals surface area contributed by atoms with Crippen molar-refractivity contribution in [1.29, 1.82) is 0 Å². The third kappa shape index (κ3) is 2.59. The summed E-state index contributed by atoms with van der Waals surface area (Å²) in [5.41, 5.74) is 0. The molecule has 0 radical (unpaired) electrons. The van der Waals surface area contributed by atoms with Crippen LogP contribution in [0.15, 0.2) is 18.6 Å². The maximum Gasteiger partial charge on any atom is 0.244 e. The molecule has 8 heteroatoms. The van der Waals surface area contributed by atoms with Crippen molar-refractivity contribution in [2.75, 3.05) is 19.0 Å². The summed E-state index contributed by atoms with van der Waals surface area (Å²) in [6.45, 7) is 1.47. The largest absolute Gasteiger partial charge is 0.346 e. The van der Waals surface area contributed by atoms with Gasteiger partial charge in [-0.3, -0.25) is 9.50 Å². The quantitative estimate of drug-likeness (QED) is 0.724. The first-order chi connectivity index (χ1) is 9.22. The molecule has 3 heterocycles. The number of anilines is 1. The maximum absolute atomic E-state index is 4.36. The zero-order valence-electron chi connectivity index (χ0n) is 10.8. The monoisotopic (exact) mass is 277 g/mol. The molecule has 3 aromatic rings. The van der Waals surface area contributed by atoms with Crippen LogP contribution in [0.4, 0.5) is 5.95 Å². The van der Waals surface area contributed by atoms with Gasteiger partial charge in [0, 0.05) is 44.1 Å². The lowest BCUT2D eigenvalue weighted by Crippen LogP contribution is -2.13. The lowest BCUT2D eigenvalue weighted by molar-refractivity contribution is 0.669. The van der Waals surface area contributed by atoms with E-state index in [0.29, 0.717) is 12.5 Å². The van der Waals surface area contributed by atoms with Gasteiger partial charge in [0.15, 0.2) is 4.96 Å². The van der Waals surface area contributed by atoms with Crippen LogP contribution in [-0.2, 0) is 13.1 Å². The number of H-pyrrole nitrogens is 1. The Hall–Kier alpha value is -1.93. The number of fused-ring (bicyclic) bond motifs is 1. The Morgan fingerprint density at radius 3 is 3.05 bits per heavy atom. The zero-order chi connectivity index (χ0) is 13.2. The molecule has 0 amide bonds. The van der Waals surface area contributed by atoms with E-state index < -0.39 is 0 Å². The number of thiazole rings is 1. The molecule has 7 nitrogen and oxygen atoms in total.